The number of nitrogens with zero attached hydrogens (tertiary/aromatic N) is 2. The molecule has 0 aromatic carbocycles. The van der Waals surface area contributed by atoms with Gasteiger partial charge in [0.15, 0.2) is 5.75 Å². The molecule has 1 saturated heterocycles. The van der Waals surface area contributed by atoms with Crippen molar-refractivity contribution in [2.24, 2.45) is 0 Å². The van der Waals surface area contributed by atoms with E-state index in [4.69, 9.17) is 5.26 Å². The van der Waals surface area contributed by atoms with Crippen LogP contribution in [0.5, 0.6) is 0 Å². The lowest BCUT2D eigenvalue weighted by atomic mass is 10.2. The van der Waals surface area contributed by atoms with Crippen LogP contribution in [0.15, 0.2) is 0 Å². The molecule has 74 valence electrons. The second-order valence-corrected chi connectivity index (χ2v) is 4.76. The summed E-state index contributed by atoms with van der Waals surface area (Å²) in [6.07, 6.45) is 3.17. The number of sulfonamides is 1. The summed E-state index contributed by atoms with van der Waals surface area (Å²) in [5.41, 5.74) is 0. The Hall–Kier alpha value is -0.640. The van der Waals surface area contributed by atoms with Crippen molar-refractivity contribution in [2.45, 2.75) is 19.3 Å². The first-order chi connectivity index (χ1) is 6.14. The van der Waals surface area contributed by atoms with Gasteiger partial charge >= 0.3 is 0 Å². The number of nitriles is 1. The van der Waals surface area contributed by atoms with E-state index in [1.54, 1.807) is 11.1 Å². The largest absolute Gasteiger partial charge is 0.237 e. The van der Waals surface area contributed by atoms with Gasteiger partial charge in [-0.25, -0.2) is 13.4 Å². The molecule has 0 saturated carbocycles. The van der Waals surface area contributed by atoms with E-state index in [0.29, 0.717) is 0 Å². The molecule has 0 bridgehead atoms. The Labute approximate surface area is 78.4 Å². The molecular formula is C7H13N3O2S. The third kappa shape index (κ3) is 3.72. The Morgan fingerprint density at radius 3 is 2.46 bits per heavy atom. The topological polar surface area (TPSA) is 73.2 Å². The Bertz CT molecular complexity index is 287. The van der Waals surface area contributed by atoms with E-state index in [0.717, 1.165) is 32.4 Å². The fourth-order valence-corrected chi connectivity index (χ4v) is 2.11. The molecule has 6 heteroatoms. The van der Waals surface area contributed by atoms with Crippen LogP contribution < -0.4 is 4.83 Å². The van der Waals surface area contributed by atoms with Gasteiger partial charge in [-0.3, -0.25) is 0 Å². The first-order valence-corrected chi connectivity index (χ1v) is 5.91. The van der Waals surface area contributed by atoms with Crippen LogP contribution in [0.1, 0.15) is 19.3 Å². The lowest BCUT2D eigenvalue weighted by Gasteiger charge is -2.25. The molecule has 1 fully saturated rings. The Morgan fingerprint density at radius 1 is 1.31 bits per heavy atom. The van der Waals surface area contributed by atoms with Crippen molar-refractivity contribution in [3.8, 4) is 6.07 Å². The molecule has 0 radical (unpaired) electrons. The maximum atomic E-state index is 11.1. The van der Waals surface area contributed by atoms with Crippen molar-refractivity contribution >= 4 is 10.0 Å². The van der Waals surface area contributed by atoms with E-state index < -0.39 is 15.8 Å². The molecule has 0 atom stereocenters. The first-order valence-electron chi connectivity index (χ1n) is 4.26. The van der Waals surface area contributed by atoms with E-state index in [1.807, 2.05) is 0 Å². The lowest BCUT2D eigenvalue weighted by molar-refractivity contribution is 0.200. The minimum atomic E-state index is -3.42. The van der Waals surface area contributed by atoms with Gasteiger partial charge in [-0.2, -0.15) is 5.26 Å². The maximum absolute atomic E-state index is 11.1. The first kappa shape index (κ1) is 10.4. The molecule has 0 spiro atoms. The summed E-state index contributed by atoms with van der Waals surface area (Å²) in [4.78, 5) is 2.38. The third-order valence-electron chi connectivity index (χ3n) is 1.88. The lowest BCUT2D eigenvalue weighted by Crippen LogP contribution is -2.45. The molecule has 1 heterocycles. The summed E-state index contributed by atoms with van der Waals surface area (Å²) in [5, 5.41) is 9.91. The average Bonchev–Trinajstić information content (AvgIpc) is 2.04. The number of hydrogen-bond acceptors (Lipinski definition) is 4. The highest BCUT2D eigenvalue weighted by Gasteiger charge is 2.16. The number of rotatable bonds is 3. The van der Waals surface area contributed by atoms with Gasteiger partial charge in [0, 0.05) is 13.1 Å². The molecule has 13 heavy (non-hydrogen) atoms. The number of hydrazine groups is 1. The van der Waals surface area contributed by atoms with E-state index in [9.17, 15) is 8.42 Å². The SMILES string of the molecule is N#CCS(=O)(=O)NN1CCCCC1. The third-order valence-corrected chi connectivity index (χ3v) is 2.92. The van der Waals surface area contributed by atoms with Crippen molar-refractivity contribution in [3.05, 3.63) is 0 Å². The molecule has 1 aliphatic heterocycles. The van der Waals surface area contributed by atoms with Crippen LogP contribution >= 0.6 is 0 Å². The molecule has 0 amide bonds. The fourth-order valence-electron chi connectivity index (χ4n) is 1.30. The molecule has 0 aromatic rings. The minimum absolute atomic E-state index is 0.469. The van der Waals surface area contributed by atoms with Crippen molar-refractivity contribution in [1.82, 2.24) is 9.84 Å². The smallest absolute Gasteiger partial charge is 0.231 e. The quantitative estimate of drug-likeness (QED) is 0.691. The van der Waals surface area contributed by atoms with Gasteiger partial charge in [0.2, 0.25) is 10.0 Å². The van der Waals surface area contributed by atoms with Gasteiger partial charge in [0.05, 0.1) is 6.07 Å². The van der Waals surface area contributed by atoms with Crippen molar-refractivity contribution in [3.63, 3.8) is 0 Å². The van der Waals surface area contributed by atoms with Crippen molar-refractivity contribution in [2.75, 3.05) is 18.8 Å². The van der Waals surface area contributed by atoms with Crippen LogP contribution in [0.2, 0.25) is 0 Å². The second-order valence-electron chi connectivity index (χ2n) is 3.06. The Morgan fingerprint density at radius 2 is 1.92 bits per heavy atom. The van der Waals surface area contributed by atoms with Gasteiger partial charge in [-0.1, -0.05) is 6.42 Å². The second kappa shape index (κ2) is 4.56. The number of piperidine rings is 1. The highest BCUT2D eigenvalue weighted by atomic mass is 32.2. The van der Waals surface area contributed by atoms with E-state index in [1.165, 1.54) is 0 Å². The molecule has 0 unspecified atom stereocenters. The van der Waals surface area contributed by atoms with Gasteiger partial charge in [0.1, 0.15) is 0 Å². The molecule has 0 aliphatic carbocycles. The van der Waals surface area contributed by atoms with E-state index >= 15 is 0 Å². The van der Waals surface area contributed by atoms with Gasteiger partial charge < -0.3 is 0 Å². The van der Waals surface area contributed by atoms with Crippen LogP contribution in [0.3, 0.4) is 0 Å². The predicted octanol–water partition coefficient (Wildman–Crippen LogP) is -0.170. The molecule has 1 N–H and O–H groups in total. The highest BCUT2D eigenvalue weighted by Crippen LogP contribution is 2.06. The van der Waals surface area contributed by atoms with Crippen LogP contribution in [0, 0.1) is 11.3 Å². The zero-order valence-electron chi connectivity index (χ0n) is 7.36. The maximum Gasteiger partial charge on any atom is 0.237 e. The van der Waals surface area contributed by atoms with Gasteiger partial charge in [-0.05, 0) is 12.8 Å². The van der Waals surface area contributed by atoms with Gasteiger partial charge in [-0.15, -0.1) is 4.83 Å². The zero-order valence-corrected chi connectivity index (χ0v) is 8.18. The van der Waals surface area contributed by atoms with Gasteiger partial charge in [0.25, 0.3) is 0 Å². The van der Waals surface area contributed by atoms with E-state index in [2.05, 4.69) is 4.83 Å². The monoisotopic (exact) mass is 203 g/mol. The summed E-state index contributed by atoms with van der Waals surface area (Å²) in [6.45, 7) is 1.48. The normalized spacial score (nSPS) is 19.6. The van der Waals surface area contributed by atoms with Crippen LogP contribution in [0.4, 0.5) is 0 Å². The minimum Gasteiger partial charge on any atom is -0.231 e. The zero-order chi connectivity index (χ0) is 9.73. The molecular weight excluding hydrogens is 190 g/mol. The summed E-state index contributed by atoms with van der Waals surface area (Å²) in [6, 6.07) is 1.62. The van der Waals surface area contributed by atoms with Crippen LogP contribution in [-0.4, -0.2) is 32.3 Å². The summed E-state index contributed by atoms with van der Waals surface area (Å²) in [5.74, 6) is -0.469. The summed E-state index contributed by atoms with van der Waals surface area (Å²) < 4.78 is 22.2. The molecule has 1 aliphatic rings. The Kier molecular flexibility index (Phi) is 3.66. The molecule has 1 rings (SSSR count). The summed E-state index contributed by atoms with van der Waals surface area (Å²) in [7, 11) is -3.42. The molecule has 0 aromatic heterocycles. The van der Waals surface area contributed by atoms with Crippen LogP contribution in [-0.2, 0) is 10.0 Å². The average molecular weight is 203 g/mol. The van der Waals surface area contributed by atoms with Crippen molar-refractivity contribution in [1.29, 1.82) is 5.26 Å². The number of hydrogen-bond donors (Lipinski definition) is 1. The standard InChI is InChI=1S/C7H13N3O2S/c8-4-7-13(11,12)9-10-5-2-1-3-6-10/h9H,1-3,5-7H2. The van der Waals surface area contributed by atoms with Crippen LogP contribution in [0.25, 0.3) is 0 Å². The van der Waals surface area contributed by atoms with Crippen molar-refractivity contribution < 1.29 is 8.42 Å². The van der Waals surface area contributed by atoms with E-state index in [-0.39, 0.29) is 0 Å². The Balaban J connectivity index is 2.43. The predicted molar refractivity (Wildman–Crippen MR) is 48.0 cm³/mol. The highest BCUT2D eigenvalue weighted by molar-refractivity contribution is 7.89. The number of nitrogens with one attached hydrogen (secondary N) is 1. The fraction of sp³-hybridized carbons (Fsp3) is 0.857. The summed E-state index contributed by atoms with van der Waals surface area (Å²) >= 11 is 0. The molecule has 5 nitrogen and oxygen atoms in total.